The first-order valence-corrected chi connectivity index (χ1v) is 11.0. The number of esters is 1. The molecule has 0 unspecified atom stereocenters. The van der Waals surface area contributed by atoms with E-state index in [1.165, 1.54) is 6.21 Å². The van der Waals surface area contributed by atoms with Crippen LogP contribution in [-0.2, 0) is 14.3 Å². The predicted octanol–water partition coefficient (Wildman–Crippen LogP) is 3.51. The van der Waals surface area contributed by atoms with Crippen molar-refractivity contribution in [2.45, 2.75) is 13.3 Å². The van der Waals surface area contributed by atoms with Gasteiger partial charge >= 0.3 is 5.97 Å². The van der Waals surface area contributed by atoms with E-state index in [9.17, 15) is 14.4 Å². The van der Waals surface area contributed by atoms with E-state index >= 15 is 0 Å². The Hall–Kier alpha value is -3.48. The number of hydrazone groups is 1. The van der Waals surface area contributed by atoms with Crippen molar-refractivity contribution in [3.63, 3.8) is 0 Å². The number of hydrogen-bond acceptors (Lipinski definition) is 6. The van der Waals surface area contributed by atoms with Crippen LogP contribution < -0.4 is 0 Å². The van der Waals surface area contributed by atoms with Crippen LogP contribution in [0.4, 0.5) is 0 Å². The molecule has 2 saturated carbocycles. The molecular formula is C25H22N2O5. The van der Waals surface area contributed by atoms with E-state index in [1.54, 1.807) is 43.3 Å². The van der Waals surface area contributed by atoms with Crippen LogP contribution in [-0.4, -0.2) is 35.6 Å². The van der Waals surface area contributed by atoms with Crippen LogP contribution in [0.15, 0.2) is 58.1 Å². The summed E-state index contributed by atoms with van der Waals surface area (Å²) >= 11 is 0. The average molecular weight is 430 g/mol. The first-order valence-electron chi connectivity index (χ1n) is 11.0. The molecule has 7 rings (SSSR count). The Morgan fingerprint density at radius 3 is 2.34 bits per heavy atom. The van der Waals surface area contributed by atoms with Gasteiger partial charge in [0.05, 0.1) is 30.2 Å². The van der Waals surface area contributed by atoms with Crippen molar-refractivity contribution >= 4 is 24.0 Å². The number of rotatable bonds is 5. The van der Waals surface area contributed by atoms with E-state index in [4.69, 9.17) is 9.15 Å². The van der Waals surface area contributed by atoms with Crippen LogP contribution in [0.5, 0.6) is 0 Å². The van der Waals surface area contributed by atoms with E-state index < -0.39 is 0 Å². The minimum atomic E-state index is -0.368. The summed E-state index contributed by atoms with van der Waals surface area (Å²) in [6.07, 6.45) is 6.84. The summed E-state index contributed by atoms with van der Waals surface area (Å²) in [4.78, 5) is 37.7. The molecule has 1 aliphatic heterocycles. The number of nitrogens with zero attached hydrogens (tertiary/aromatic N) is 2. The predicted molar refractivity (Wildman–Crippen MR) is 114 cm³/mol. The van der Waals surface area contributed by atoms with Crippen LogP contribution >= 0.6 is 0 Å². The first kappa shape index (κ1) is 19.2. The van der Waals surface area contributed by atoms with Crippen LogP contribution in [0.25, 0.3) is 11.3 Å². The number of imide groups is 1. The van der Waals surface area contributed by atoms with Crippen molar-refractivity contribution in [1.29, 1.82) is 0 Å². The maximum atomic E-state index is 13.0. The molecule has 2 amide bonds. The fraction of sp³-hybridized carbons (Fsp3) is 0.360. The van der Waals surface area contributed by atoms with Crippen molar-refractivity contribution in [3.8, 4) is 11.3 Å². The monoisotopic (exact) mass is 430 g/mol. The molecule has 0 spiro atoms. The summed E-state index contributed by atoms with van der Waals surface area (Å²) < 4.78 is 10.8. The van der Waals surface area contributed by atoms with Crippen LogP contribution in [0.3, 0.4) is 0 Å². The van der Waals surface area contributed by atoms with E-state index in [-0.39, 0.29) is 41.5 Å². The molecule has 2 bridgehead atoms. The highest BCUT2D eigenvalue weighted by Gasteiger charge is 2.67. The number of benzene rings is 1. The third kappa shape index (κ3) is 2.80. The van der Waals surface area contributed by atoms with E-state index in [0.29, 0.717) is 35.5 Å². The number of carbonyl (C=O) groups excluding carboxylic acids is 3. The van der Waals surface area contributed by atoms with Crippen LogP contribution in [0, 0.1) is 35.5 Å². The maximum absolute atomic E-state index is 13.0. The summed E-state index contributed by atoms with van der Waals surface area (Å²) in [6.45, 7) is 2.09. The SMILES string of the molecule is CCOC(=O)c1ccc(-c2ccc(/C=N\N3C(=O)[C@@H]4[C@H]5C=C[C@@H]([C@@H]6C[C@H]56)[C@H]4C3=O)o2)cc1. The Morgan fingerprint density at radius 2 is 1.72 bits per heavy atom. The molecule has 162 valence electrons. The molecule has 5 aliphatic rings. The normalized spacial score (nSPS) is 31.8. The lowest BCUT2D eigenvalue weighted by Crippen LogP contribution is -2.40. The smallest absolute Gasteiger partial charge is 0.338 e. The fourth-order valence-electron chi connectivity index (χ4n) is 5.73. The highest BCUT2D eigenvalue weighted by molar-refractivity contribution is 6.06. The Kier molecular flexibility index (Phi) is 4.22. The van der Waals surface area contributed by atoms with Crippen molar-refractivity contribution < 1.29 is 23.5 Å². The lowest BCUT2D eigenvalue weighted by Gasteiger charge is -2.37. The number of allylic oxidation sites excluding steroid dienone is 2. The van der Waals surface area contributed by atoms with Gasteiger partial charge in [-0.3, -0.25) is 9.59 Å². The fourth-order valence-corrected chi connectivity index (χ4v) is 5.73. The Labute approximate surface area is 184 Å². The lowest BCUT2D eigenvalue weighted by atomic mass is 9.63. The van der Waals surface area contributed by atoms with Crippen molar-refractivity contribution in [2.24, 2.45) is 40.6 Å². The molecular weight excluding hydrogens is 408 g/mol. The second-order valence-corrected chi connectivity index (χ2v) is 8.89. The molecule has 1 saturated heterocycles. The molecule has 7 nitrogen and oxygen atoms in total. The topological polar surface area (TPSA) is 89.2 Å². The van der Waals surface area contributed by atoms with Crippen molar-refractivity contribution in [3.05, 3.63) is 59.9 Å². The van der Waals surface area contributed by atoms with Crippen LogP contribution in [0.2, 0.25) is 0 Å². The van der Waals surface area contributed by atoms with E-state index in [2.05, 4.69) is 17.3 Å². The van der Waals surface area contributed by atoms with Gasteiger partial charge in [0.1, 0.15) is 11.5 Å². The molecule has 0 radical (unpaired) electrons. The van der Waals surface area contributed by atoms with Gasteiger partial charge in [-0.1, -0.05) is 24.3 Å². The average Bonchev–Trinajstić information content (AvgIpc) is 3.45. The molecule has 2 aromatic rings. The second kappa shape index (κ2) is 7.02. The summed E-state index contributed by atoms with van der Waals surface area (Å²) in [6, 6.07) is 10.4. The molecule has 4 aliphatic carbocycles. The van der Waals surface area contributed by atoms with Gasteiger partial charge < -0.3 is 9.15 Å². The molecule has 1 aromatic carbocycles. The second-order valence-electron chi connectivity index (χ2n) is 8.89. The largest absolute Gasteiger partial charge is 0.462 e. The number of furan rings is 1. The van der Waals surface area contributed by atoms with Crippen molar-refractivity contribution in [1.82, 2.24) is 5.01 Å². The van der Waals surface area contributed by atoms with Gasteiger partial charge in [0, 0.05) is 5.56 Å². The molecule has 1 aromatic heterocycles. The minimum Gasteiger partial charge on any atom is -0.462 e. The summed E-state index contributed by atoms with van der Waals surface area (Å²) in [5.41, 5.74) is 1.26. The Bertz CT molecular complexity index is 1140. The maximum Gasteiger partial charge on any atom is 0.338 e. The molecule has 0 N–H and O–H groups in total. The quantitative estimate of drug-likeness (QED) is 0.313. The highest BCUT2D eigenvalue weighted by atomic mass is 16.5. The van der Waals surface area contributed by atoms with Gasteiger partial charge in [0.2, 0.25) is 0 Å². The summed E-state index contributed by atoms with van der Waals surface area (Å²) in [5.74, 6) is 1.25. The zero-order valence-electron chi connectivity index (χ0n) is 17.5. The molecule has 6 atom stereocenters. The molecule has 3 fully saturated rings. The summed E-state index contributed by atoms with van der Waals surface area (Å²) in [7, 11) is 0. The van der Waals surface area contributed by atoms with Gasteiger partial charge in [0.15, 0.2) is 0 Å². The van der Waals surface area contributed by atoms with Gasteiger partial charge in [-0.15, -0.1) is 0 Å². The Morgan fingerprint density at radius 1 is 1.06 bits per heavy atom. The zero-order chi connectivity index (χ0) is 22.0. The minimum absolute atomic E-state index is 0.180. The number of carbonyl (C=O) groups is 3. The molecule has 7 heteroatoms. The number of hydrogen-bond donors (Lipinski definition) is 0. The third-order valence-corrected chi connectivity index (χ3v) is 7.25. The first-order chi connectivity index (χ1) is 15.6. The van der Waals surface area contributed by atoms with Gasteiger partial charge in [-0.2, -0.15) is 10.1 Å². The summed E-state index contributed by atoms with van der Waals surface area (Å²) in [5, 5.41) is 5.25. The van der Waals surface area contributed by atoms with Gasteiger partial charge in [-0.25, -0.2) is 4.79 Å². The number of amides is 2. The van der Waals surface area contributed by atoms with Crippen LogP contribution in [0.1, 0.15) is 29.5 Å². The molecule has 2 heterocycles. The van der Waals surface area contributed by atoms with Gasteiger partial charge in [0.25, 0.3) is 11.8 Å². The van der Waals surface area contributed by atoms with Crippen molar-refractivity contribution in [2.75, 3.05) is 6.61 Å². The van der Waals surface area contributed by atoms with E-state index in [0.717, 1.165) is 17.0 Å². The highest BCUT2D eigenvalue weighted by Crippen LogP contribution is 2.65. The Balaban J connectivity index is 1.18. The standard InChI is InChI=1S/C25H22N2O5/c1-2-31-25(30)14-5-3-13(4-6-14)20-10-7-15(32-20)12-26-27-23(28)21-16-8-9-17(19-11-18(16)19)22(21)24(27)29/h3-10,12,16-19,21-22H,2,11H2,1H3/b26-12-/t16-,17-,18-,19+,21+,22+/m0/s1. The lowest BCUT2D eigenvalue weighted by molar-refractivity contribution is -0.140. The number of ether oxygens (including phenoxy) is 1. The van der Waals surface area contributed by atoms with Gasteiger partial charge in [-0.05, 0) is 61.3 Å². The zero-order valence-corrected chi connectivity index (χ0v) is 17.5. The van der Waals surface area contributed by atoms with E-state index in [1.807, 2.05) is 0 Å². The molecule has 32 heavy (non-hydrogen) atoms. The third-order valence-electron chi connectivity index (χ3n) is 7.25.